The maximum Gasteiger partial charge on any atom is 0.350 e. The Balaban J connectivity index is 1.39. The number of benzene rings is 1. The van der Waals surface area contributed by atoms with Crippen molar-refractivity contribution in [1.82, 2.24) is 10.3 Å². The van der Waals surface area contributed by atoms with E-state index < -0.39 is 5.97 Å². The Labute approximate surface area is 172 Å². The van der Waals surface area contributed by atoms with Crippen molar-refractivity contribution in [3.63, 3.8) is 0 Å². The summed E-state index contributed by atoms with van der Waals surface area (Å²) in [5.74, 6) is -0.448. The number of nitrogens with one attached hydrogen (secondary N) is 1. The second kappa shape index (κ2) is 9.61. The lowest BCUT2D eigenvalue weighted by atomic mass is 10.1. The molecule has 3 aromatic rings. The molecule has 3 rings (SSSR count). The van der Waals surface area contributed by atoms with Gasteiger partial charge in [0.15, 0.2) is 0 Å². The molecule has 0 unspecified atom stereocenters. The Morgan fingerprint density at radius 2 is 1.93 bits per heavy atom. The number of rotatable bonds is 8. The first-order valence-corrected chi connectivity index (χ1v) is 10.8. The molecule has 0 bridgehead atoms. The molecule has 5 nitrogen and oxygen atoms in total. The number of aryl methyl sites for hydroxylation is 3. The summed E-state index contributed by atoms with van der Waals surface area (Å²) in [6, 6.07) is 10.1. The van der Waals surface area contributed by atoms with Gasteiger partial charge in [-0.15, -0.1) is 11.3 Å². The van der Waals surface area contributed by atoms with Crippen LogP contribution in [-0.4, -0.2) is 30.0 Å². The highest BCUT2D eigenvalue weighted by Crippen LogP contribution is 2.29. The molecule has 0 spiro atoms. The van der Waals surface area contributed by atoms with Crippen molar-refractivity contribution >= 4 is 34.6 Å². The van der Waals surface area contributed by atoms with E-state index in [0.29, 0.717) is 30.0 Å². The van der Waals surface area contributed by atoms with E-state index in [1.54, 1.807) is 18.3 Å². The Kier molecular flexibility index (Phi) is 6.95. The van der Waals surface area contributed by atoms with Crippen LogP contribution in [0.5, 0.6) is 0 Å². The summed E-state index contributed by atoms with van der Waals surface area (Å²) in [7, 11) is 0. The number of thiophene rings is 1. The summed E-state index contributed by atoms with van der Waals surface area (Å²) in [5.41, 5.74) is 4.01. The average Bonchev–Trinajstić information content (AvgIpc) is 3.34. The van der Waals surface area contributed by atoms with Gasteiger partial charge in [0.2, 0.25) is 5.91 Å². The number of thiazole rings is 1. The van der Waals surface area contributed by atoms with Crippen molar-refractivity contribution < 1.29 is 14.3 Å². The second-order valence-corrected chi connectivity index (χ2v) is 8.20. The Bertz CT molecular complexity index is 931. The Morgan fingerprint density at radius 3 is 2.64 bits per heavy atom. The quantitative estimate of drug-likeness (QED) is 0.438. The van der Waals surface area contributed by atoms with Crippen LogP contribution in [0.2, 0.25) is 0 Å². The first-order valence-electron chi connectivity index (χ1n) is 9.02. The minimum atomic E-state index is -0.398. The molecule has 1 N–H and O–H groups in total. The molecule has 2 heterocycles. The zero-order chi connectivity index (χ0) is 19.9. The van der Waals surface area contributed by atoms with E-state index in [0.717, 1.165) is 16.1 Å². The van der Waals surface area contributed by atoms with Gasteiger partial charge in [-0.1, -0.05) is 29.8 Å². The van der Waals surface area contributed by atoms with Crippen LogP contribution in [-0.2, 0) is 16.0 Å². The van der Waals surface area contributed by atoms with E-state index in [9.17, 15) is 9.59 Å². The zero-order valence-corrected chi connectivity index (χ0v) is 17.5. The third-order valence-corrected chi connectivity index (χ3v) is 6.04. The summed E-state index contributed by atoms with van der Waals surface area (Å²) >= 11 is 2.92. The third-order valence-electron chi connectivity index (χ3n) is 4.17. The normalized spacial score (nSPS) is 10.6. The predicted molar refractivity (Wildman–Crippen MR) is 113 cm³/mol. The number of esters is 1. The van der Waals surface area contributed by atoms with Crippen molar-refractivity contribution in [2.45, 2.75) is 26.7 Å². The van der Waals surface area contributed by atoms with E-state index in [1.807, 2.05) is 48.0 Å². The van der Waals surface area contributed by atoms with Crippen LogP contribution in [0.25, 0.3) is 10.6 Å². The van der Waals surface area contributed by atoms with Crippen molar-refractivity contribution in [2.24, 2.45) is 0 Å². The second-order valence-electron chi connectivity index (χ2n) is 6.42. The highest BCUT2D eigenvalue weighted by molar-refractivity contribution is 7.17. The van der Waals surface area contributed by atoms with Crippen LogP contribution in [0, 0.1) is 13.8 Å². The van der Waals surface area contributed by atoms with Crippen LogP contribution in [0.4, 0.5) is 0 Å². The molecule has 0 aliphatic carbocycles. The molecule has 1 aromatic carbocycles. The molecule has 0 atom stereocenters. The van der Waals surface area contributed by atoms with Gasteiger partial charge in [-0.2, -0.15) is 11.3 Å². The standard InChI is InChI=1S/C21H22N2O3S2/c1-14-3-5-16(6-4-14)7-8-18(24)22-10-11-26-21(25)19-15(2)23-20(28-19)17-9-12-27-13-17/h3-6,9,12-13H,7-8,10-11H2,1-2H3,(H,22,24). The average molecular weight is 415 g/mol. The van der Waals surface area contributed by atoms with E-state index >= 15 is 0 Å². The van der Waals surface area contributed by atoms with Gasteiger partial charge in [-0.05, 0) is 37.3 Å². The third kappa shape index (κ3) is 5.50. The fraction of sp³-hybridized carbons (Fsp3) is 0.286. The van der Waals surface area contributed by atoms with Crippen molar-refractivity contribution in [2.75, 3.05) is 13.2 Å². The number of hydrogen-bond acceptors (Lipinski definition) is 6. The van der Waals surface area contributed by atoms with Gasteiger partial charge >= 0.3 is 5.97 Å². The minimum absolute atomic E-state index is 0.0506. The SMILES string of the molecule is Cc1ccc(CCC(=O)NCCOC(=O)c2sc(-c3ccsc3)nc2C)cc1. The highest BCUT2D eigenvalue weighted by atomic mass is 32.1. The summed E-state index contributed by atoms with van der Waals surface area (Å²) in [6.45, 7) is 4.28. The molecular weight excluding hydrogens is 392 g/mol. The molecular formula is C21H22N2O3S2. The molecule has 0 saturated carbocycles. The Morgan fingerprint density at radius 1 is 1.14 bits per heavy atom. The van der Waals surface area contributed by atoms with E-state index in [-0.39, 0.29) is 12.5 Å². The van der Waals surface area contributed by atoms with E-state index in [4.69, 9.17) is 4.74 Å². The first-order chi connectivity index (χ1) is 13.5. The minimum Gasteiger partial charge on any atom is -0.460 e. The fourth-order valence-electron chi connectivity index (χ4n) is 2.60. The lowest BCUT2D eigenvalue weighted by molar-refractivity contribution is -0.121. The molecule has 0 radical (unpaired) electrons. The van der Waals surface area contributed by atoms with Crippen molar-refractivity contribution in [3.05, 3.63) is 62.8 Å². The topological polar surface area (TPSA) is 68.3 Å². The summed E-state index contributed by atoms with van der Waals surface area (Å²) in [5, 5.41) is 7.58. The van der Waals surface area contributed by atoms with Gasteiger partial charge in [-0.25, -0.2) is 9.78 Å². The molecule has 7 heteroatoms. The molecule has 1 amide bonds. The summed E-state index contributed by atoms with van der Waals surface area (Å²) < 4.78 is 5.29. The highest BCUT2D eigenvalue weighted by Gasteiger charge is 2.17. The Hall–Kier alpha value is -2.51. The van der Waals surface area contributed by atoms with E-state index in [1.165, 1.54) is 16.9 Å². The predicted octanol–water partition coefficient (Wildman–Crippen LogP) is 4.39. The maximum absolute atomic E-state index is 12.3. The number of nitrogens with zero attached hydrogens (tertiary/aromatic N) is 1. The van der Waals surface area contributed by atoms with Gasteiger partial charge in [0.1, 0.15) is 16.5 Å². The lowest BCUT2D eigenvalue weighted by Crippen LogP contribution is -2.28. The van der Waals surface area contributed by atoms with Crippen LogP contribution >= 0.6 is 22.7 Å². The van der Waals surface area contributed by atoms with Crippen LogP contribution in [0.15, 0.2) is 41.1 Å². The molecule has 0 fully saturated rings. The first kappa shape index (κ1) is 20.2. The number of ether oxygens (including phenoxy) is 1. The van der Waals surface area contributed by atoms with Gasteiger partial charge in [0, 0.05) is 17.4 Å². The van der Waals surface area contributed by atoms with Crippen LogP contribution < -0.4 is 5.32 Å². The fourth-order valence-corrected chi connectivity index (χ4v) is 4.27. The maximum atomic E-state index is 12.3. The largest absolute Gasteiger partial charge is 0.460 e. The summed E-state index contributed by atoms with van der Waals surface area (Å²) in [6.07, 6.45) is 1.10. The lowest BCUT2D eigenvalue weighted by Gasteiger charge is -2.06. The molecule has 0 aliphatic rings. The number of hydrogen-bond donors (Lipinski definition) is 1. The van der Waals surface area contributed by atoms with Gasteiger partial charge in [0.25, 0.3) is 0 Å². The van der Waals surface area contributed by atoms with Crippen molar-refractivity contribution in [1.29, 1.82) is 0 Å². The van der Waals surface area contributed by atoms with Gasteiger partial charge < -0.3 is 10.1 Å². The van der Waals surface area contributed by atoms with E-state index in [2.05, 4.69) is 10.3 Å². The van der Waals surface area contributed by atoms with Gasteiger partial charge in [-0.3, -0.25) is 4.79 Å². The van der Waals surface area contributed by atoms with Gasteiger partial charge in [0.05, 0.1) is 12.2 Å². The molecule has 0 saturated heterocycles. The zero-order valence-electron chi connectivity index (χ0n) is 15.9. The summed E-state index contributed by atoms with van der Waals surface area (Å²) in [4.78, 5) is 29.1. The van der Waals surface area contributed by atoms with Crippen LogP contribution in [0.3, 0.4) is 0 Å². The van der Waals surface area contributed by atoms with Crippen LogP contribution in [0.1, 0.15) is 32.9 Å². The molecule has 0 aliphatic heterocycles. The number of carbonyl (C=O) groups excluding carboxylic acids is 2. The molecule has 2 aromatic heterocycles. The smallest absolute Gasteiger partial charge is 0.350 e. The number of aromatic nitrogens is 1. The van der Waals surface area contributed by atoms with Crippen molar-refractivity contribution in [3.8, 4) is 10.6 Å². The number of carbonyl (C=O) groups is 2. The monoisotopic (exact) mass is 414 g/mol. The molecule has 28 heavy (non-hydrogen) atoms. The molecule has 146 valence electrons. The number of amides is 1.